The van der Waals surface area contributed by atoms with Crippen molar-refractivity contribution < 1.29 is 14.4 Å². The zero-order chi connectivity index (χ0) is 14.8. The van der Waals surface area contributed by atoms with Gasteiger partial charge in [-0.05, 0) is 32.2 Å². The molecule has 0 atom stereocenters. The summed E-state index contributed by atoms with van der Waals surface area (Å²) in [5.41, 5.74) is 0.491. The third-order valence-electron chi connectivity index (χ3n) is 2.95. The Balaban J connectivity index is 2.13. The van der Waals surface area contributed by atoms with Gasteiger partial charge in [0.25, 0.3) is 0 Å². The summed E-state index contributed by atoms with van der Waals surface area (Å²) in [5, 5.41) is 15.0. The highest BCUT2D eigenvalue weighted by Gasteiger charge is 2.25. The summed E-state index contributed by atoms with van der Waals surface area (Å²) >= 11 is 1.58. The number of rotatable bonds is 5. The Morgan fingerprint density at radius 1 is 1.50 bits per heavy atom. The van der Waals surface area contributed by atoms with Crippen molar-refractivity contribution in [3.8, 4) is 10.6 Å². The van der Waals surface area contributed by atoms with Crippen molar-refractivity contribution in [3.05, 3.63) is 29.3 Å². The molecule has 6 heteroatoms. The van der Waals surface area contributed by atoms with Crippen molar-refractivity contribution in [1.29, 1.82) is 0 Å². The lowest BCUT2D eigenvalue weighted by Gasteiger charge is -2.33. The summed E-state index contributed by atoms with van der Waals surface area (Å²) in [6.45, 7) is 6.37. The van der Waals surface area contributed by atoms with Gasteiger partial charge in [0.15, 0.2) is 5.76 Å². The van der Waals surface area contributed by atoms with Crippen molar-refractivity contribution in [2.24, 2.45) is 0 Å². The first-order valence-electron chi connectivity index (χ1n) is 6.32. The van der Waals surface area contributed by atoms with Crippen LogP contribution in [0.2, 0.25) is 0 Å². The van der Waals surface area contributed by atoms with Gasteiger partial charge in [0, 0.05) is 18.2 Å². The molecule has 2 aromatic heterocycles. The van der Waals surface area contributed by atoms with Crippen molar-refractivity contribution in [2.45, 2.75) is 32.9 Å². The molecule has 108 valence electrons. The topological polar surface area (TPSA) is 66.6 Å². The van der Waals surface area contributed by atoms with Gasteiger partial charge in [-0.3, -0.25) is 9.69 Å². The van der Waals surface area contributed by atoms with Crippen LogP contribution in [-0.2, 0) is 11.3 Å². The van der Waals surface area contributed by atoms with E-state index in [1.807, 2.05) is 49.3 Å². The second kappa shape index (κ2) is 5.76. The van der Waals surface area contributed by atoms with Crippen LogP contribution in [0, 0.1) is 0 Å². The number of hydrogen-bond donors (Lipinski definition) is 1. The minimum Gasteiger partial charge on any atom is -0.480 e. The third kappa shape index (κ3) is 3.68. The van der Waals surface area contributed by atoms with Gasteiger partial charge in [-0.25, -0.2) is 0 Å². The number of nitrogens with zero attached hydrogens (tertiary/aromatic N) is 2. The summed E-state index contributed by atoms with van der Waals surface area (Å²) in [7, 11) is 0. The summed E-state index contributed by atoms with van der Waals surface area (Å²) in [5.74, 6) is -0.124. The van der Waals surface area contributed by atoms with Crippen molar-refractivity contribution in [2.75, 3.05) is 6.54 Å². The van der Waals surface area contributed by atoms with Crippen LogP contribution < -0.4 is 0 Å². The first-order valence-corrected chi connectivity index (χ1v) is 7.20. The number of aliphatic carboxylic acids is 1. The highest BCUT2D eigenvalue weighted by atomic mass is 32.1. The Labute approximate surface area is 121 Å². The highest BCUT2D eigenvalue weighted by molar-refractivity contribution is 7.13. The van der Waals surface area contributed by atoms with E-state index in [-0.39, 0.29) is 12.1 Å². The van der Waals surface area contributed by atoms with Crippen LogP contribution in [-0.4, -0.2) is 33.2 Å². The number of aromatic nitrogens is 1. The monoisotopic (exact) mass is 294 g/mol. The number of thiophene rings is 1. The Bertz CT molecular complexity index is 570. The molecule has 2 rings (SSSR count). The van der Waals surface area contributed by atoms with Crippen LogP contribution in [0.1, 0.15) is 26.5 Å². The van der Waals surface area contributed by atoms with Gasteiger partial charge in [0.05, 0.1) is 17.1 Å². The lowest BCUT2D eigenvalue weighted by molar-refractivity contribution is -0.140. The summed E-state index contributed by atoms with van der Waals surface area (Å²) < 4.78 is 5.31. The summed E-state index contributed by atoms with van der Waals surface area (Å²) in [4.78, 5) is 13.8. The van der Waals surface area contributed by atoms with Crippen LogP contribution >= 0.6 is 11.3 Å². The van der Waals surface area contributed by atoms with E-state index in [4.69, 9.17) is 9.63 Å². The molecule has 0 aromatic carbocycles. The van der Waals surface area contributed by atoms with E-state index in [1.165, 1.54) is 0 Å². The zero-order valence-electron chi connectivity index (χ0n) is 11.8. The molecule has 0 radical (unpaired) electrons. The lowest BCUT2D eigenvalue weighted by atomic mass is 10.1. The van der Waals surface area contributed by atoms with Gasteiger partial charge in [-0.15, -0.1) is 11.3 Å². The van der Waals surface area contributed by atoms with E-state index >= 15 is 0 Å². The quantitative estimate of drug-likeness (QED) is 0.918. The molecule has 0 spiro atoms. The largest absolute Gasteiger partial charge is 0.480 e. The second-order valence-electron chi connectivity index (χ2n) is 5.58. The SMILES string of the molecule is CC(C)(C)N(CC(=O)O)Cc1cc(-c2cccs2)on1. The van der Waals surface area contributed by atoms with Gasteiger partial charge in [-0.2, -0.15) is 0 Å². The Hall–Kier alpha value is -1.66. The molecular formula is C14H18N2O3S. The standard InChI is InChI=1S/C14H18N2O3S/c1-14(2,3)16(9-13(17)18)8-10-7-11(19-15-10)12-5-4-6-20-12/h4-7H,8-9H2,1-3H3,(H,17,18). The first-order chi connectivity index (χ1) is 9.36. The van der Waals surface area contributed by atoms with Gasteiger partial charge in [-0.1, -0.05) is 11.2 Å². The van der Waals surface area contributed by atoms with E-state index in [0.29, 0.717) is 6.54 Å². The highest BCUT2D eigenvalue weighted by Crippen LogP contribution is 2.26. The van der Waals surface area contributed by atoms with Gasteiger partial charge >= 0.3 is 5.97 Å². The smallest absolute Gasteiger partial charge is 0.317 e. The maximum absolute atomic E-state index is 11.0. The van der Waals surface area contributed by atoms with Gasteiger partial charge in [0.2, 0.25) is 0 Å². The molecule has 0 unspecified atom stereocenters. The number of hydrogen-bond acceptors (Lipinski definition) is 5. The van der Waals surface area contributed by atoms with Crippen molar-refractivity contribution in [3.63, 3.8) is 0 Å². The Morgan fingerprint density at radius 3 is 2.80 bits per heavy atom. The van der Waals surface area contributed by atoms with E-state index in [0.717, 1.165) is 16.3 Å². The predicted molar refractivity (Wildman–Crippen MR) is 77.6 cm³/mol. The fourth-order valence-electron chi connectivity index (χ4n) is 1.81. The minimum atomic E-state index is -0.845. The molecule has 0 bridgehead atoms. The molecule has 0 aliphatic carbocycles. The van der Waals surface area contributed by atoms with E-state index in [2.05, 4.69) is 5.16 Å². The van der Waals surface area contributed by atoms with Gasteiger partial charge in [0.1, 0.15) is 0 Å². The molecule has 5 nitrogen and oxygen atoms in total. The van der Waals surface area contributed by atoms with Crippen LogP contribution in [0.4, 0.5) is 0 Å². The van der Waals surface area contributed by atoms with E-state index in [9.17, 15) is 4.79 Å². The average Bonchev–Trinajstić information content (AvgIpc) is 2.95. The van der Waals surface area contributed by atoms with Crippen LogP contribution in [0.15, 0.2) is 28.1 Å². The molecule has 2 heterocycles. The summed E-state index contributed by atoms with van der Waals surface area (Å²) in [6, 6.07) is 5.79. The lowest BCUT2D eigenvalue weighted by Crippen LogP contribution is -2.43. The van der Waals surface area contributed by atoms with Crippen LogP contribution in [0.3, 0.4) is 0 Å². The molecule has 0 saturated carbocycles. The first kappa shape index (κ1) is 14.7. The molecule has 0 fully saturated rings. The normalized spacial score (nSPS) is 12.0. The molecule has 1 N–H and O–H groups in total. The number of carboxylic acid groups (broad SMARTS) is 1. The fraction of sp³-hybridized carbons (Fsp3) is 0.429. The van der Waals surface area contributed by atoms with Crippen molar-refractivity contribution >= 4 is 17.3 Å². The number of carbonyl (C=O) groups is 1. The maximum Gasteiger partial charge on any atom is 0.317 e. The Morgan fingerprint density at radius 2 is 2.25 bits per heavy atom. The second-order valence-corrected chi connectivity index (χ2v) is 6.53. The molecule has 0 amide bonds. The third-order valence-corrected chi connectivity index (χ3v) is 3.84. The van der Waals surface area contributed by atoms with Crippen LogP contribution in [0.25, 0.3) is 10.6 Å². The predicted octanol–water partition coefficient (Wildman–Crippen LogP) is 3.09. The zero-order valence-corrected chi connectivity index (χ0v) is 12.6. The van der Waals surface area contributed by atoms with E-state index in [1.54, 1.807) is 11.3 Å². The maximum atomic E-state index is 11.0. The van der Waals surface area contributed by atoms with Crippen LogP contribution in [0.5, 0.6) is 0 Å². The molecule has 20 heavy (non-hydrogen) atoms. The number of carboxylic acids is 1. The van der Waals surface area contributed by atoms with Crippen molar-refractivity contribution in [1.82, 2.24) is 10.1 Å². The molecule has 2 aromatic rings. The van der Waals surface area contributed by atoms with Gasteiger partial charge < -0.3 is 9.63 Å². The fourth-order valence-corrected chi connectivity index (χ4v) is 2.48. The van der Waals surface area contributed by atoms with E-state index < -0.39 is 5.97 Å². The minimum absolute atomic E-state index is 0.0231. The summed E-state index contributed by atoms with van der Waals surface area (Å²) in [6.07, 6.45) is 0. The molecular weight excluding hydrogens is 276 g/mol. The average molecular weight is 294 g/mol. The molecule has 0 aliphatic rings. The molecule has 0 aliphatic heterocycles. The Kier molecular flexibility index (Phi) is 4.25. The molecule has 0 saturated heterocycles.